The van der Waals surface area contributed by atoms with Crippen molar-refractivity contribution in [3.63, 3.8) is 0 Å². The average Bonchev–Trinajstić information content (AvgIpc) is 2.65. The van der Waals surface area contributed by atoms with Crippen LogP contribution in [0.25, 0.3) is 0 Å². The summed E-state index contributed by atoms with van der Waals surface area (Å²) in [4.78, 5) is 9.23. The SMILES string of the molecule is Oc1c(Cl)cc(Cl)cc1C=N[C@@H]1CCCC[C@H]1N=Cc1cc(Cl)cc(Cl)c1O. The first kappa shape index (κ1) is 21.3. The molecule has 0 spiro atoms. The number of phenols is 2. The third-order valence-corrected chi connectivity index (χ3v) is 5.63. The van der Waals surface area contributed by atoms with Gasteiger partial charge in [-0.15, -0.1) is 0 Å². The molecule has 0 bridgehead atoms. The van der Waals surface area contributed by atoms with Crippen molar-refractivity contribution in [2.45, 2.75) is 37.8 Å². The van der Waals surface area contributed by atoms with E-state index in [1.807, 2.05) is 0 Å². The Hall–Kier alpha value is -1.46. The highest BCUT2D eigenvalue weighted by Gasteiger charge is 2.23. The van der Waals surface area contributed by atoms with E-state index in [2.05, 4.69) is 9.98 Å². The number of hydrogen-bond donors (Lipinski definition) is 2. The van der Waals surface area contributed by atoms with Gasteiger partial charge in [-0.3, -0.25) is 9.98 Å². The topological polar surface area (TPSA) is 65.2 Å². The molecule has 0 aliphatic heterocycles. The van der Waals surface area contributed by atoms with Crippen LogP contribution in [0.4, 0.5) is 0 Å². The maximum atomic E-state index is 10.1. The summed E-state index contributed by atoms with van der Waals surface area (Å²) < 4.78 is 0. The fraction of sp³-hybridized carbons (Fsp3) is 0.300. The van der Waals surface area contributed by atoms with Crippen molar-refractivity contribution < 1.29 is 10.2 Å². The Morgan fingerprint density at radius 2 is 1.11 bits per heavy atom. The molecule has 2 aromatic carbocycles. The van der Waals surface area contributed by atoms with Crippen molar-refractivity contribution in [2.75, 3.05) is 0 Å². The lowest BCUT2D eigenvalue weighted by Gasteiger charge is -2.25. The number of aromatic hydroxyl groups is 2. The van der Waals surface area contributed by atoms with E-state index < -0.39 is 0 Å². The molecule has 1 aliphatic rings. The monoisotopic (exact) mass is 458 g/mol. The van der Waals surface area contributed by atoms with Crippen molar-refractivity contribution in [3.05, 3.63) is 55.5 Å². The standard InChI is InChI=1S/C20H18Cl4N2O2/c21-13-5-11(19(27)15(23)7-13)9-25-17-3-1-2-4-18(17)26-10-12-6-14(22)8-16(24)20(12)28/h5-10,17-18,27-28H,1-4H2/t17-,18-/m1/s1. The molecule has 0 amide bonds. The van der Waals surface area contributed by atoms with Crippen LogP contribution in [0.1, 0.15) is 36.8 Å². The van der Waals surface area contributed by atoms with Crippen molar-refractivity contribution in [1.82, 2.24) is 0 Å². The molecule has 28 heavy (non-hydrogen) atoms. The van der Waals surface area contributed by atoms with Crippen LogP contribution in [0.3, 0.4) is 0 Å². The van der Waals surface area contributed by atoms with Crippen LogP contribution in [0.15, 0.2) is 34.3 Å². The lowest BCUT2D eigenvalue weighted by atomic mass is 9.91. The molecular weight excluding hydrogens is 442 g/mol. The Labute approximate surface area is 183 Å². The first-order valence-electron chi connectivity index (χ1n) is 8.77. The normalized spacial score (nSPS) is 20.3. The van der Waals surface area contributed by atoms with E-state index in [9.17, 15) is 10.2 Å². The van der Waals surface area contributed by atoms with Gasteiger partial charge in [0.15, 0.2) is 0 Å². The van der Waals surface area contributed by atoms with Crippen LogP contribution in [0, 0.1) is 0 Å². The minimum Gasteiger partial charge on any atom is -0.506 e. The molecule has 1 fully saturated rings. The number of hydrogen-bond acceptors (Lipinski definition) is 4. The Morgan fingerprint density at radius 3 is 1.50 bits per heavy atom. The third-order valence-electron chi connectivity index (χ3n) is 4.62. The number of aliphatic imine (C=N–C) groups is 2. The number of rotatable bonds is 4. The summed E-state index contributed by atoms with van der Waals surface area (Å²) in [5, 5.41) is 21.4. The second kappa shape index (κ2) is 9.36. The van der Waals surface area contributed by atoms with E-state index in [0.717, 1.165) is 25.7 Å². The van der Waals surface area contributed by atoms with Gasteiger partial charge in [0.2, 0.25) is 0 Å². The quantitative estimate of drug-likeness (QED) is 0.508. The molecule has 1 aliphatic carbocycles. The molecule has 8 heteroatoms. The molecule has 3 rings (SSSR count). The second-order valence-corrected chi connectivity index (χ2v) is 8.31. The van der Waals surface area contributed by atoms with Crippen molar-refractivity contribution >= 4 is 58.8 Å². The Kier molecular flexibility index (Phi) is 7.10. The molecule has 4 nitrogen and oxygen atoms in total. The van der Waals surface area contributed by atoms with Crippen LogP contribution in [0.2, 0.25) is 20.1 Å². The number of nitrogens with zero attached hydrogens (tertiary/aromatic N) is 2. The second-order valence-electron chi connectivity index (χ2n) is 6.63. The highest BCUT2D eigenvalue weighted by atomic mass is 35.5. The highest BCUT2D eigenvalue weighted by Crippen LogP contribution is 2.32. The van der Waals surface area contributed by atoms with Crippen molar-refractivity contribution in [3.8, 4) is 11.5 Å². The summed E-state index contributed by atoms with van der Waals surface area (Å²) in [5.74, 6) is -0.103. The van der Waals surface area contributed by atoms with Gasteiger partial charge in [0, 0.05) is 33.6 Å². The number of benzene rings is 2. The zero-order valence-corrected chi connectivity index (χ0v) is 17.8. The lowest BCUT2D eigenvalue weighted by Crippen LogP contribution is -2.27. The van der Waals surface area contributed by atoms with E-state index in [1.165, 1.54) is 12.1 Å². The summed E-state index contributed by atoms with van der Waals surface area (Å²) in [5.41, 5.74) is 0.926. The maximum Gasteiger partial charge on any atom is 0.143 e. The highest BCUT2D eigenvalue weighted by molar-refractivity contribution is 6.36. The summed E-state index contributed by atoms with van der Waals surface area (Å²) >= 11 is 23.9. The Balaban J connectivity index is 1.82. The molecule has 1 saturated carbocycles. The van der Waals surface area contributed by atoms with E-state index in [0.29, 0.717) is 21.2 Å². The molecule has 148 valence electrons. The number of phenolic OH excluding ortho intramolecular Hbond substituents is 2. The van der Waals surface area contributed by atoms with Gasteiger partial charge in [-0.05, 0) is 37.1 Å². The fourth-order valence-electron chi connectivity index (χ4n) is 3.16. The molecule has 2 atom stereocenters. The first-order valence-corrected chi connectivity index (χ1v) is 10.3. The molecule has 0 radical (unpaired) electrons. The lowest BCUT2D eigenvalue weighted by molar-refractivity contribution is 0.390. The molecule has 2 N–H and O–H groups in total. The van der Waals surface area contributed by atoms with E-state index >= 15 is 0 Å². The minimum absolute atomic E-state index is 0.0517. The fourth-order valence-corrected chi connectivity index (χ4v) is 4.18. The molecular formula is C20H18Cl4N2O2. The van der Waals surface area contributed by atoms with Gasteiger partial charge >= 0.3 is 0 Å². The van der Waals surface area contributed by atoms with Gasteiger partial charge in [0.25, 0.3) is 0 Å². The first-order chi connectivity index (χ1) is 13.3. The van der Waals surface area contributed by atoms with Gasteiger partial charge in [-0.2, -0.15) is 0 Å². The van der Waals surface area contributed by atoms with Crippen LogP contribution in [0.5, 0.6) is 11.5 Å². The van der Waals surface area contributed by atoms with Gasteiger partial charge in [-0.25, -0.2) is 0 Å². The van der Waals surface area contributed by atoms with Gasteiger partial charge in [0.05, 0.1) is 22.1 Å². The van der Waals surface area contributed by atoms with Crippen LogP contribution in [-0.2, 0) is 0 Å². The minimum atomic E-state index is -0.0565. The van der Waals surface area contributed by atoms with Crippen LogP contribution < -0.4 is 0 Å². The summed E-state index contributed by atoms with van der Waals surface area (Å²) in [6.45, 7) is 0. The largest absolute Gasteiger partial charge is 0.506 e. The molecule has 0 unspecified atom stereocenters. The molecule has 2 aromatic rings. The van der Waals surface area contributed by atoms with E-state index in [1.54, 1.807) is 24.6 Å². The number of halogens is 4. The third kappa shape index (κ3) is 5.12. The summed E-state index contributed by atoms with van der Waals surface area (Å²) in [7, 11) is 0. The summed E-state index contributed by atoms with van der Waals surface area (Å²) in [6.07, 6.45) is 7.00. The Morgan fingerprint density at radius 1 is 0.714 bits per heavy atom. The average molecular weight is 460 g/mol. The predicted octanol–water partition coefficient (Wildman–Crippen LogP) is 6.56. The van der Waals surface area contributed by atoms with Crippen molar-refractivity contribution in [1.29, 1.82) is 0 Å². The van der Waals surface area contributed by atoms with Gasteiger partial charge < -0.3 is 10.2 Å². The van der Waals surface area contributed by atoms with Crippen LogP contribution in [-0.4, -0.2) is 34.7 Å². The molecule has 0 heterocycles. The predicted molar refractivity (Wildman–Crippen MR) is 117 cm³/mol. The van der Waals surface area contributed by atoms with Crippen molar-refractivity contribution in [2.24, 2.45) is 9.98 Å². The zero-order valence-electron chi connectivity index (χ0n) is 14.7. The van der Waals surface area contributed by atoms with E-state index in [-0.39, 0.29) is 33.6 Å². The maximum absolute atomic E-state index is 10.1. The van der Waals surface area contributed by atoms with Gasteiger partial charge in [0.1, 0.15) is 11.5 Å². The smallest absolute Gasteiger partial charge is 0.143 e. The molecule has 0 aromatic heterocycles. The summed E-state index contributed by atoms with van der Waals surface area (Å²) in [6, 6.07) is 6.06. The molecule has 0 saturated heterocycles. The van der Waals surface area contributed by atoms with E-state index in [4.69, 9.17) is 46.4 Å². The Bertz CT molecular complexity index is 855. The zero-order chi connectivity index (χ0) is 20.3. The van der Waals surface area contributed by atoms with Gasteiger partial charge in [-0.1, -0.05) is 59.2 Å². The van der Waals surface area contributed by atoms with Crippen LogP contribution >= 0.6 is 46.4 Å².